The zero-order chi connectivity index (χ0) is 18.3. The number of oxazole rings is 1. The van der Waals surface area contributed by atoms with Crippen LogP contribution in [0.4, 0.5) is 5.69 Å². The molecule has 5 nitrogen and oxygen atoms in total. The van der Waals surface area contributed by atoms with Crippen molar-refractivity contribution in [1.29, 1.82) is 0 Å². The second kappa shape index (κ2) is 6.52. The molecule has 0 radical (unpaired) electrons. The van der Waals surface area contributed by atoms with Gasteiger partial charge in [-0.25, -0.2) is 9.36 Å². The molecule has 26 heavy (non-hydrogen) atoms. The molecule has 1 N–H and O–H groups in total. The largest absolute Gasteiger partial charge is 0.492 e. The van der Waals surface area contributed by atoms with E-state index in [-0.39, 0.29) is 18.2 Å². The second-order valence-corrected chi connectivity index (χ2v) is 6.67. The van der Waals surface area contributed by atoms with Crippen LogP contribution in [-0.2, 0) is 6.54 Å². The SMILES string of the molecule is O=c1oc(C=C2C=Nc3ccccc32)c(O)n1Cc1cc(Cl)cc(Cl)c1. The number of aromatic hydroxyl groups is 1. The highest BCUT2D eigenvalue weighted by Crippen LogP contribution is 2.33. The van der Waals surface area contributed by atoms with Gasteiger partial charge in [0.1, 0.15) is 0 Å². The van der Waals surface area contributed by atoms with Gasteiger partial charge in [-0.2, -0.15) is 0 Å². The van der Waals surface area contributed by atoms with E-state index in [0.29, 0.717) is 15.6 Å². The number of aliphatic imine (C=N–C) groups is 1. The predicted molar refractivity (Wildman–Crippen MR) is 103 cm³/mol. The number of hydrogen-bond donors (Lipinski definition) is 1. The summed E-state index contributed by atoms with van der Waals surface area (Å²) in [6.45, 7) is 0.0856. The Morgan fingerprint density at radius 2 is 1.88 bits per heavy atom. The smallest absolute Gasteiger partial charge is 0.422 e. The molecule has 2 aromatic carbocycles. The molecule has 1 aromatic heterocycles. The van der Waals surface area contributed by atoms with E-state index in [4.69, 9.17) is 27.6 Å². The highest BCUT2D eigenvalue weighted by atomic mass is 35.5. The Morgan fingerprint density at radius 3 is 2.65 bits per heavy atom. The van der Waals surface area contributed by atoms with Crippen molar-refractivity contribution in [2.45, 2.75) is 6.54 Å². The summed E-state index contributed by atoms with van der Waals surface area (Å²) in [5, 5.41) is 11.3. The number of nitrogens with zero attached hydrogens (tertiary/aromatic N) is 2. The van der Waals surface area contributed by atoms with E-state index in [1.54, 1.807) is 30.5 Å². The first-order valence-corrected chi connectivity index (χ1v) is 8.49. The average Bonchev–Trinajstić information content (AvgIpc) is 3.11. The van der Waals surface area contributed by atoms with Crippen molar-refractivity contribution in [3.05, 3.63) is 79.9 Å². The van der Waals surface area contributed by atoms with E-state index in [2.05, 4.69) is 4.99 Å². The molecule has 4 rings (SSSR count). The number of allylic oxidation sites excluding steroid dienone is 1. The van der Waals surface area contributed by atoms with Gasteiger partial charge in [0, 0.05) is 27.4 Å². The van der Waals surface area contributed by atoms with Gasteiger partial charge in [-0.15, -0.1) is 0 Å². The minimum absolute atomic E-state index is 0.0706. The Hall–Kier alpha value is -2.76. The van der Waals surface area contributed by atoms with E-state index in [0.717, 1.165) is 21.4 Å². The molecule has 0 saturated carbocycles. The van der Waals surface area contributed by atoms with Crippen LogP contribution in [-0.4, -0.2) is 15.9 Å². The van der Waals surface area contributed by atoms with Crippen LogP contribution in [0.15, 0.2) is 56.7 Å². The number of fused-ring (bicyclic) bond motifs is 1. The third-order valence-corrected chi connectivity index (χ3v) is 4.44. The van der Waals surface area contributed by atoms with Crippen LogP contribution in [0, 0.1) is 0 Å². The number of aromatic nitrogens is 1. The molecule has 130 valence electrons. The highest BCUT2D eigenvalue weighted by molar-refractivity contribution is 6.34. The molecule has 0 atom stereocenters. The maximum absolute atomic E-state index is 12.2. The standard InChI is InChI=1S/C19H12Cl2N2O3/c20-13-5-11(6-14(21)8-13)10-23-18(24)17(26-19(23)25)7-12-9-22-16-4-2-1-3-15(12)16/h1-9,24H,10H2. The zero-order valence-electron chi connectivity index (χ0n) is 13.3. The Balaban J connectivity index is 1.71. The number of para-hydroxylation sites is 1. The third kappa shape index (κ3) is 3.07. The predicted octanol–water partition coefficient (Wildman–Crippen LogP) is 4.76. The van der Waals surface area contributed by atoms with Crippen molar-refractivity contribution in [2.75, 3.05) is 0 Å². The van der Waals surface area contributed by atoms with Gasteiger partial charge < -0.3 is 9.52 Å². The van der Waals surface area contributed by atoms with E-state index in [1.165, 1.54) is 0 Å². The minimum atomic E-state index is -0.673. The van der Waals surface area contributed by atoms with Gasteiger partial charge in [0.25, 0.3) is 0 Å². The van der Waals surface area contributed by atoms with Gasteiger partial charge in [0.05, 0.1) is 12.2 Å². The quantitative estimate of drug-likeness (QED) is 0.705. The van der Waals surface area contributed by atoms with Gasteiger partial charge in [-0.3, -0.25) is 4.99 Å². The fraction of sp³-hybridized carbons (Fsp3) is 0.0526. The monoisotopic (exact) mass is 386 g/mol. The van der Waals surface area contributed by atoms with Crippen LogP contribution in [0.25, 0.3) is 11.6 Å². The summed E-state index contributed by atoms with van der Waals surface area (Å²) in [5.74, 6) is -0.869. The molecule has 0 fully saturated rings. The lowest BCUT2D eigenvalue weighted by atomic mass is 10.1. The van der Waals surface area contributed by atoms with Gasteiger partial charge in [-0.05, 0) is 35.9 Å². The van der Waals surface area contributed by atoms with Gasteiger partial charge in [0.15, 0.2) is 5.76 Å². The van der Waals surface area contributed by atoms with E-state index in [9.17, 15) is 9.90 Å². The lowest BCUT2D eigenvalue weighted by Gasteiger charge is -2.04. The van der Waals surface area contributed by atoms with E-state index >= 15 is 0 Å². The molecule has 0 aliphatic carbocycles. The summed E-state index contributed by atoms with van der Waals surface area (Å²) in [6, 6.07) is 12.5. The summed E-state index contributed by atoms with van der Waals surface area (Å²) in [4.78, 5) is 16.5. The number of rotatable bonds is 3. The van der Waals surface area contributed by atoms with Crippen LogP contribution in [0.3, 0.4) is 0 Å². The molecule has 0 unspecified atom stereocenters. The summed E-state index contributed by atoms with van der Waals surface area (Å²) in [5.41, 5.74) is 3.16. The number of halogens is 2. The van der Waals surface area contributed by atoms with Crippen LogP contribution in [0.5, 0.6) is 5.88 Å². The van der Waals surface area contributed by atoms with Crippen LogP contribution < -0.4 is 5.76 Å². The fourth-order valence-electron chi connectivity index (χ4n) is 2.83. The fourth-order valence-corrected chi connectivity index (χ4v) is 3.40. The van der Waals surface area contributed by atoms with E-state index in [1.807, 2.05) is 24.3 Å². The molecule has 1 aliphatic rings. The molecule has 0 spiro atoms. The van der Waals surface area contributed by atoms with E-state index < -0.39 is 5.76 Å². The first kappa shape index (κ1) is 16.7. The average molecular weight is 387 g/mol. The number of benzene rings is 2. The van der Waals surface area contributed by atoms with Crippen LogP contribution in [0.1, 0.15) is 16.9 Å². The summed E-state index contributed by atoms with van der Waals surface area (Å²) in [6.07, 6.45) is 3.26. The lowest BCUT2D eigenvalue weighted by molar-refractivity contribution is 0.420. The van der Waals surface area contributed by atoms with Crippen molar-refractivity contribution >= 4 is 46.8 Å². The normalized spacial score (nSPS) is 14.2. The molecule has 1 aliphatic heterocycles. The van der Waals surface area contributed by atoms with Crippen molar-refractivity contribution in [1.82, 2.24) is 4.57 Å². The lowest BCUT2D eigenvalue weighted by Crippen LogP contribution is -2.14. The zero-order valence-corrected chi connectivity index (χ0v) is 14.8. The maximum Gasteiger partial charge on any atom is 0.422 e. The molecule has 2 heterocycles. The first-order valence-electron chi connectivity index (χ1n) is 7.74. The minimum Gasteiger partial charge on any atom is -0.492 e. The summed E-state index contributed by atoms with van der Waals surface area (Å²) < 4.78 is 6.33. The molecular formula is C19H12Cl2N2O3. The molecule has 0 amide bonds. The topological polar surface area (TPSA) is 67.7 Å². The number of hydrogen-bond acceptors (Lipinski definition) is 4. The summed E-state index contributed by atoms with van der Waals surface area (Å²) in [7, 11) is 0. The molecule has 0 bridgehead atoms. The van der Waals surface area contributed by atoms with Crippen molar-refractivity contribution in [3.63, 3.8) is 0 Å². The van der Waals surface area contributed by atoms with Gasteiger partial charge >= 0.3 is 5.76 Å². The van der Waals surface area contributed by atoms with Gasteiger partial charge in [0.2, 0.25) is 5.88 Å². The molecule has 7 heteroatoms. The van der Waals surface area contributed by atoms with Crippen molar-refractivity contribution in [2.24, 2.45) is 4.99 Å². The van der Waals surface area contributed by atoms with Gasteiger partial charge in [-0.1, -0.05) is 41.4 Å². The highest BCUT2D eigenvalue weighted by Gasteiger charge is 2.18. The third-order valence-electron chi connectivity index (χ3n) is 4.00. The Kier molecular flexibility index (Phi) is 4.18. The Morgan fingerprint density at radius 1 is 1.15 bits per heavy atom. The second-order valence-electron chi connectivity index (χ2n) is 5.79. The maximum atomic E-state index is 12.2. The molecule has 0 saturated heterocycles. The molecular weight excluding hydrogens is 375 g/mol. The molecule has 3 aromatic rings. The first-order chi connectivity index (χ1) is 12.5. The Bertz CT molecular complexity index is 1110. The van der Waals surface area contributed by atoms with Crippen LogP contribution >= 0.6 is 23.2 Å². The summed E-state index contributed by atoms with van der Waals surface area (Å²) >= 11 is 12.0. The van der Waals surface area contributed by atoms with Crippen molar-refractivity contribution in [3.8, 4) is 5.88 Å². The van der Waals surface area contributed by atoms with Crippen molar-refractivity contribution < 1.29 is 9.52 Å². The van der Waals surface area contributed by atoms with Crippen LogP contribution in [0.2, 0.25) is 10.0 Å². The Labute approximate surface area is 158 Å².